The van der Waals surface area contributed by atoms with Crippen molar-refractivity contribution in [2.24, 2.45) is 5.92 Å². The number of nitrogens with one attached hydrogen (secondary N) is 1. The second-order valence-electron chi connectivity index (χ2n) is 4.24. The lowest BCUT2D eigenvalue weighted by Crippen LogP contribution is -2.32. The summed E-state index contributed by atoms with van der Waals surface area (Å²) in [6.45, 7) is 0.792. The van der Waals surface area contributed by atoms with Gasteiger partial charge in [-0.1, -0.05) is 6.42 Å². The minimum Gasteiger partial charge on any atom is -0.398 e. The maximum absolute atomic E-state index is 11.8. The van der Waals surface area contributed by atoms with Crippen molar-refractivity contribution >= 4 is 27.5 Å². The van der Waals surface area contributed by atoms with Gasteiger partial charge in [-0.2, -0.15) is 0 Å². The predicted octanol–water partition coefficient (Wildman–Crippen LogP) is 2.56. The van der Waals surface area contributed by atoms with Gasteiger partial charge in [0.05, 0.1) is 0 Å². The minimum atomic E-state index is -0.0207. The first-order valence-corrected chi connectivity index (χ1v) is 6.29. The van der Waals surface area contributed by atoms with E-state index in [1.807, 2.05) is 0 Å². The highest BCUT2D eigenvalue weighted by Gasteiger charge is 2.18. The summed E-state index contributed by atoms with van der Waals surface area (Å²) < 4.78 is 0.767. The number of nitrogens with two attached hydrogens (primary N) is 1. The van der Waals surface area contributed by atoms with Crippen LogP contribution in [0.25, 0.3) is 0 Å². The van der Waals surface area contributed by atoms with Gasteiger partial charge in [0.1, 0.15) is 0 Å². The molecule has 4 heteroatoms. The largest absolute Gasteiger partial charge is 0.398 e. The average molecular weight is 283 g/mol. The second kappa shape index (κ2) is 4.87. The van der Waals surface area contributed by atoms with Crippen molar-refractivity contribution in [3.63, 3.8) is 0 Å². The highest BCUT2D eigenvalue weighted by atomic mass is 79.9. The highest BCUT2D eigenvalue weighted by molar-refractivity contribution is 9.10. The molecule has 1 aliphatic carbocycles. The summed E-state index contributed by atoms with van der Waals surface area (Å²) in [4.78, 5) is 11.8. The Morgan fingerprint density at radius 1 is 1.50 bits per heavy atom. The van der Waals surface area contributed by atoms with Crippen LogP contribution in [0.3, 0.4) is 0 Å². The Balaban J connectivity index is 1.94. The van der Waals surface area contributed by atoms with E-state index in [9.17, 15) is 4.79 Å². The third-order valence-corrected chi connectivity index (χ3v) is 3.73. The van der Waals surface area contributed by atoms with Crippen LogP contribution in [0.1, 0.15) is 29.6 Å². The summed E-state index contributed by atoms with van der Waals surface area (Å²) in [6.07, 6.45) is 3.78. The summed E-state index contributed by atoms with van der Waals surface area (Å²) in [7, 11) is 0. The quantitative estimate of drug-likeness (QED) is 0.838. The molecule has 0 unspecified atom stereocenters. The first-order valence-electron chi connectivity index (χ1n) is 5.50. The number of carbonyl (C=O) groups is 1. The summed E-state index contributed by atoms with van der Waals surface area (Å²) >= 11 is 3.31. The zero-order valence-corrected chi connectivity index (χ0v) is 10.6. The molecule has 0 aliphatic heterocycles. The molecule has 0 spiro atoms. The van der Waals surface area contributed by atoms with E-state index in [1.54, 1.807) is 18.2 Å². The smallest absolute Gasteiger partial charge is 0.251 e. The van der Waals surface area contributed by atoms with Gasteiger partial charge in [0.25, 0.3) is 5.91 Å². The van der Waals surface area contributed by atoms with Gasteiger partial charge in [-0.25, -0.2) is 0 Å². The Morgan fingerprint density at radius 3 is 2.81 bits per heavy atom. The maximum Gasteiger partial charge on any atom is 0.251 e. The molecule has 0 bridgehead atoms. The van der Waals surface area contributed by atoms with Crippen molar-refractivity contribution in [3.8, 4) is 0 Å². The standard InChI is InChI=1S/C12H15BrN2O/c13-10-6-9(4-5-11(10)14)12(16)15-7-8-2-1-3-8/h4-6,8H,1-3,7,14H2,(H,15,16). The molecule has 3 nitrogen and oxygen atoms in total. The number of hydrogen-bond acceptors (Lipinski definition) is 2. The fraction of sp³-hybridized carbons (Fsp3) is 0.417. The number of carbonyl (C=O) groups excluding carboxylic acids is 1. The van der Waals surface area contributed by atoms with Crippen molar-refractivity contribution in [2.45, 2.75) is 19.3 Å². The molecular weight excluding hydrogens is 268 g/mol. The zero-order valence-electron chi connectivity index (χ0n) is 9.00. The van der Waals surface area contributed by atoms with Crippen LogP contribution >= 0.6 is 15.9 Å². The number of halogens is 1. The van der Waals surface area contributed by atoms with E-state index in [0.29, 0.717) is 17.2 Å². The van der Waals surface area contributed by atoms with Gasteiger partial charge < -0.3 is 11.1 Å². The van der Waals surface area contributed by atoms with Crippen LogP contribution in [0.15, 0.2) is 22.7 Å². The van der Waals surface area contributed by atoms with Crippen LogP contribution in [-0.4, -0.2) is 12.5 Å². The Kier molecular flexibility index (Phi) is 3.49. The van der Waals surface area contributed by atoms with Crippen LogP contribution < -0.4 is 11.1 Å². The van der Waals surface area contributed by atoms with E-state index in [1.165, 1.54) is 19.3 Å². The van der Waals surface area contributed by atoms with Crippen molar-refractivity contribution in [1.82, 2.24) is 5.32 Å². The topological polar surface area (TPSA) is 55.1 Å². The van der Waals surface area contributed by atoms with E-state index >= 15 is 0 Å². The van der Waals surface area contributed by atoms with Crippen molar-refractivity contribution in [3.05, 3.63) is 28.2 Å². The van der Waals surface area contributed by atoms with Crippen molar-refractivity contribution < 1.29 is 4.79 Å². The highest BCUT2D eigenvalue weighted by Crippen LogP contribution is 2.25. The molecule has 1 aliphatic rings. The van der Waals surface area contributed by atoms with Gasteiger partial charge in [0.2, 0.25) is 0 Å². The lowest BCUT2D eigenvalue weighted by molar-refractivity contribution is 0.0939. The molecule has 1 aromatic rings. The summed E-state index contributed by atoms with van der Waals surface area (Å²) in [5.74, 6) is 0.661. The monoisotopic (exact) mass is 282 g/mol. The SMILES string of the molecule is Nc1ccc(C(=O)NCC2CCC2)cc1Br. The number of rotatable bonds is 3. The molecule has 1 fully saturated rings. The molecule has 0 aromatic heterocycles. The Labute approximate surface area is 104 Å². The van der Waals surface area contributed by atoms with E-state index in [-0.39, 0.29) is 5.91 Å². The zero-order chi connectivity index (χ0) is 11.5. The summed E-state index contributed by atoms with van der Waals surface area (Å²) in [5.41, 5.74) is 6.96. The van der Waals surface area contributed by atoms with Crippen molar-refractivity contribution in [2.75, 3.05) is 12.3 Å². The minimum absolute atomic E-state index is 0.0207. The van der Waals surface area contributed by atoms with E-state index in [0.717, 1.165) is 11.0 Å². The summed E-state index contributed by atoms with van der Waals surface area (Å²) in [6, 6.07) is 5.24. The van der Waals surface area contributed by atoms with Crippen LogP contribution in [0.4, 0.5) is 5.69 Å². The Hall–Kier alpha value is -1.03. The lowest BCUT2D eigenvalue weighted by Gasteiger charge is -2.25. The van der Waals surface area contributed by atoms with Gasteiger partial charge in [0.15, 0.2) is 0 Å². The van der Waals surface area contributed by atoms with Crippen LogP contribution in [-0.2, 0) is 0 Å². The predicted molar refractivity (Wildman–Crippen MR) is 68.2 cm³/mol. The molecule has 1 saturated carbocycles. The van der Waals surface area contributed by atoms with Gasteiger partial charge in [-0.05, 0) is 52.9 Å². The second-order valence-corrected chi connectivity index (χ2v) is 5.10. The molecule has 86 valence electrons. The van der Waals surface area contributed by atoms with Crippen molar-refractivity contribution in [1.29, 1.82) is 0 Å². The van der Waals surface area contributed by atoms with Crippen LogP contribution in [0.5, 0.6) is 0 Å². The van der Waals surface area contributed by atoms with Crippen LogP contribution in [0, 0.1) is 5.92 Å². The van der Waals surface area contributed by atoms with E-state index in [2.05, 4.69) is 21.2 Å². The first-order chi connectivity index (χ1) is 7.66. The molecule has 0 atom stereocenters. The van der Waals surface area contributed by atoms with Gasteiger partial charge >= 0.3 is 0 Å². The fourth-order valence-corrected chi connectivity index (χ4v) is 2.08. The Bertz CT molecular complexity index is 402. The van der Waals surface area contributed by atoms with E-state index in [4.69, 9.17) is 5.73 Å². The third kappa shape index (κ3) is 2.55. The fourth-order valence-electron chi connectivity index (χ4n) is 1.70. The number of amides is 1. The normalized spacial score (nSPS) is 15.6. The average Bonchev–Trinajstić information content (AvgIpc) is 2.19. The molecular formula is C12H15BrN2O. The number of benzene rings is 1. The molecule has 0 saturated heterocycles. The third-order valence-electron chi connectivity index (χ3n) is 3.04. The molecule has 0 radical (unpaired) electrons. The number of anilines is 1. The van der Waals surface area contributed by atoms with Gasteiger partial charge in [0, 0.05) is 22.3 Å². The van der Waals surface area contributed by atoms with Gasteiger partial charge in [-0.15, -0.1) is 0 Å². The van der Waals surface area contributed by atoms with Gasteiger partial charge in [-0.3, -0.25) is 4.79 Å². The molecule has 2 rings (SSSR count). The molecule has 0 heterocycles. The molecule has 1 amide bonds. The molecule has 3 N–H and O–H groups in total. The molecule has 1 aromatic carbocycles. The Morgan fingerprint density at radius 2 is 2.25 bits per heavy atom. The number of nitrogen functional groups attached to an aromatic ring is 1. The van der Waals surface area contributed by atoms with Crippen LogP contribution in [0.2, 0.25) is 0 Å². The molecule has 16 heavy (non-hydrogen) atoms. The summed E-state index contributed by atoms with van der Waals surface area (Å²) in [5, 5.41) is 2.95. The maximum atomic E-state index is 11.8. The first kappa shape index (κ1) is 11.5. The lowest BCUT2D eigenvalue weighted by atomic mass is 9.85. The van der Waals surface area contributed by atoms with E-state index < -0.39 is 0 Å². The number of hydrogen-bond donors (Lipinski definition) is 2.